The maximum absolute atomic E-state index is 15.8. The first-order valence-corrected chi connectivity index (χ1v) is 13.7. The van der Waals surface area contributed by atoms with Crippen molar-refractivity contribution >= 4 is 0 Å². The van der Waals surface area contributed by atoms with Gasteiger partial charge in [0.25, 0.3) is 0 Å². The van der Waals surface area contributed by atoms with E-state index in [1.54, 1.807) is 0 Å². The Morgan fingerprint density at radius 3 is 1.29 bits per heavy atom. The lowest BCUT2D eigenvalue weighted by Crippen LogP contribution is -2.55. The van der Waals surface area contributed by atoms with Gasteiger partial charge in [-0.15, -0.1) is 0 Å². The number of hydrogen-bond donors (Lipinski definition) is 3. The Bertz CT molecular complexity index is 383. The van der Waals surface area contributed by atoms with E-state index in [-0.39, 0.29) is 6.42 Å². The average molecular weight is 447 g/mol. The van der Waals surface area contributed by atoms with Crippen LogP contribution in [0.25, 0.3) is 0 Å². The van der Waals surface area contributed by atoms with E-state index in [2.05, 4.69) is 13.8 Å². The average Bonchev–Trinajstić information content (AvgIpc) is 2.72. The van der Waals surface area contributed by atoms with Gasteiger partial charge in [0.05, 0.1) is 0 Å². The van der Waals surface area contributed by atoms with Crippen LogP contribution in [0.3, 0.4) is 0 Å². The lowest BCUT2D eigenvalue weighted by molar-refractivity contribution is -0.387. The summed E-state index contributed by atoms with van der Waals surface area (Å²) in [7, 11) is 0. The second kappa shape index (κ2) is 19.3. The highest BCUT2D eigenvalue weighted by Crippen LogP contribution is 2.41. The molecule has 188 valence electrons. The van der Waals surface area contributed by atoms with Gasteiger partial charge in [-0.3, -0.25) is 0 Å². The summed E-state index contributed by atoms with van der Waals surface area (Å²) < 4.78 is 15.8. The van der Waals surface area contributed by atoms with Crippen molar-refractivity contribution in [1.82, 2.24) is 0 Å². The molecule has 0 aromatic rings. The zero-order valence-electron chi connectivity index (χ0n) is 21.1. The van der Waals surface area contributed by atoms with Crippen LogP contribution in [0.15, 0.2) is 0 Å². The number of alkyl halides is 1. The van der Waals surface area contributed by atoms with E-state index in [0.29, 0.717) is 19.3 Å². The first-order valence-electron chi connectivity index (χ1n) is 13.7. The van der Waals surface area contributed by atoms with E-state index in [1.807, 2.05) is 6.92 Å². The summed E-state index contributed by atoms with van der Waals surface area (Å²) in [6.07, 6.45) is 21.6. The fourth-order valence-corrected chi connectivity index (χ4v) is 4.81. The van der Waals surface area contributed by atoms with E-state index in [9.17, 15) is 15.3 Å². The molecule has 0 aliphatic heterocycles. The quantitative estimate of drug-likeness (QED) is 0.109. The van der Waals surface area contributed by atoms with Crippen molar-refractivity contribution in [3.05, 3.63) is 0 Å². The molecule has 0 rings (SSSR count). The van der Waals surface area contributed by atoms with Crippen LogP contribution in [0.4, 0.5) is 4.39 Å². The lowest BCUT2D eigenvalue weighted by atomic mass is 9.77. The topological polar surface area (TPSA) is 60.7 Å². The molecule has 0 aromatic carbocycles. The van der Waals surface area contributed by atoms with Gasteiger partial charge in [0, 0.05) is 5.92 Å². The summed E-state index contributed by atoms with van der Waals surface area (Å²) in [6, 6.07) is 0. The summed E-state index contributed by atoms with van der Waals surface area (Å²) in [5.74, 6) is -3.76. The van der Waals surface area contributed by atoms with Crippen LogP contribution in [0.5, 0.6) is 0 Å². The molecule has 0 aliphatic carbocycles. The minimum atomic E-state index is -3.26. The molecule has 4 heteroatoms. The Hall–Kier alpha value is -0.190. The normalized spacial score (nSPS) is 15.2. The van der Waals surface area contributed by atoms with E-state index in [4.69, 9.17) is 0 Å². The molecule has 2 unspecified atom stereocenters. The Kier molecular flexibility index (Phi) is 19.2. The predicted molar refractivity (Wildman–Crippen MR) is 131 cm³/mol. The van der Waals surface area contributed by atoms with Crippen LogP contribution in [0.1, 0.15) is 156 Å². The number of rotatable bonds is 23. The zero-order chi connectivity index (χ0) is 23.4. The van der Waals surface area contributed by atoms with Crippen molar-refractivity contribution in [3.63, 3.8) is 0 Å². The SMILES string of the molecule is CCCCCCCCCCCCCC(CCC)C(F)(CCCCCCCC)C(O)(O)O. The molecule has 0 spiro atoms. The third-order valence-electron chi connectivity index (χ3n) is 6.89. The van der Waals surface area contributed by atoms with Crippen molar-refractivity contribution < 1.29 is 19.7 Å². The Morgan fingerprint density at radius 2 is 0.903 bits per heavy atom. The molecule has 0 aliphatic rings. The number of halogens is 1. The predicted octanol–water partition coefficient (Wildman–Crippen LogP) is 8.19. The van der Waals surface area contributed by atoms with Gasteiger partial charge in [0.2, 0.25) is 0 Å². The molecule has 3 nitrogen and oxygen atoms in total. The zero-order valence-corrected chi connectivity index (χ0v) is 21.1. The fraction of sp³-hybridized carbons (Fsp3) is 1.00. The Labute approximate surface area is 193 Å². The van der Waals surface area contributed by atoms with Crippen molar-refractivity contribution in [2.75, 3.05) is 0 Å². The maximum atomic E-state index is 15.8. The van der Waals surface area contributed by atoms with Crippen LogP contribution in [0, 0.1) is 5.92 Å². The fourth-order valence-electron chi connectivity index (χ4n) is 4.81. The number of hydrogen-bond acceptors (Lipinski definition) is 3. The van der Waals surface area contributed by atoms with Gasteiger partial charge >= 0.3 is 5.97 Å². The molecule has 0 heterocycles. The smallest absolute Gasteiger partial charge is 0.311 e. The van der Waals surface area contributed by atoms with Crippen molar-refractivity contribution in [3.8, 4) is 0 Å². The largest absolute Gasteiger partial charge is 0.341 e. The van der Waals surface area contributed by atoms with Gasteiger partial charge in [-0.05, 0) is 25.7 Å². The molecule has 2 atom stereocenters. The minimum Gasteiger partial charge on any atom is -0.341 e. The maximum Gasteiger partial charge on any atom is 0.311 e. The highest BCUT2D eigenvalue weighted by molar-refractivity contribution is 4.92. The van der Waals surface area contributed by atoms with Crippen LogP contribution in [-0.2, 0) is 0 Å². The molecular weight excluding hydrogens is 391 g/mol. The summed E-state index contributed by atoms with van der Waals surface area (Å²) in [5, 5.41) is 29.7. The van der Waals surface area contributed by atoms with Gasteiger partial charge in [-0.25, -0.2) is 4.39 Å². The molecular formula is C27H55FO3. The van der Waals surface area contributed by atoms with E-state index < -0.39 is 17.6 Å². The number of unbranched alkanes of at least 4 members (excludes halogenated alkanes) is 15. The summed E-state index contributed by atoms with van der Waals surface area (Å²) in [5.41, 5.74) is -2.34. The first kappa shape index (κ1) is 30.8. The van der Waals surface area contributed by atoms with Gasteiger partial charge in [0.15, 0.2) is 5.67 Å². The lowest BCUT2D eigenvalue weighted by Gasteiger charge is -2.39. The second-order valence-electron chi connectivity index (χ2n) is 9.83. The molecule has 0 radical (unpaired) electrons. The van der Waals surface area contributed by atoms with E-state index in [1.165, 1.54) is 57.8 Å². The van der Waals surface area contributed by atoms with Gasteiger partial charge in [-0.1, -0.05) is 130 Å². The molecule has 0 aromatic heterocycles. The molecule has 31 heavy (non-hydrogen) atoms. The van der Waals surface area contributed by atoms with Crippen LogP contribution < -0.4 is 0 Å². The first-order chi connectivity index (χ1) is 14.8. The molecule has 0 bridgehead atoms. The summed E-state index contributed by atoms with van der Waals surface area (Å²) >= 11 is 0. The molecule has 0 fully saturated rings. The molecule has 0 saturated heterocycles. The van der Waals surface area contributed by atoms with Crippen molar-refractivity contribution in [2.24, 2.45) is 5.92 Å². The Balaban J connectivity index is 4.31. The van der Waals surface area contributed by atoms with Crippen molar-refractivity contribution in [1.29, 1.82) is 0 Å². The van der Waals surface area contributed by atoms with Crippen LogP contribution in [0.2, 0.25) is 0 Å². The van der Waals surface area contributed by atoms with Gasteiger partial charge < -0.3 is 15.3 Å². The standard InChI is InChI=1S/C27H55FO3/c1-4-7-9-11-13-14-15-16-17-18-20-23-25(22-6-3)26(28,27(29,30)31)24-21-19-12-10-8-5-2/h25,29-31H,4-24H2,1-3H3. The van der Waals surface area contributed by atoms with Crippen LogP contribution in [-0.4, -0.2) is 27.0 Å². The molecule has 3 N–H and O–H groups in total. The molecule has 0 amide bonds. The van der Waals surface area contributed by atoms with Crippen LogP contribution >= 0.6 is 0 Å². The summed E-state index contributed by atoms with van der Waals surface area (Å²) in [6.45, 7) is 6.40. The van der Waals surface area contributed by atoms with E-state index in [0.717, 1.165) is 51.4 Å². The summed E-state index contributed by atoms with van der Waals surface area (Å²) in [4.78, 5) is 0. The highest BCUT2D eigenvalue weighted by Gasteiger charge is 2.54. The van der Waals surface area contributed by atoms with E-state index >= 15 is 4.39 Å². The Morgan fingerprint density at radius 1 is 0.516 bits per heavy atom. The highest BCUT2D eigenvalue weighted by atomic mass is 19.1. The monoisotopic (exact) mass is 446 g/mol. The van der Waals surface area contributed by atoms with Crippen molar-refractivity contribution in [2.45, 2.75) is 167 Å². The third kappa shape index (κ3) is 14.5. The van der Waals surface area contributed by atoms with Gasteiger partial charge in [-0.2, -0.15) is 0 Å². The third-order valence-corrected chi connectivity index (χ3v) is 6.89. The second-order valence-corrected chi connectivity index (χ2v) is 9.83. The molecule has 0 saturated carbocycles. The minimum absolute atomic E-state index is 0.0192. The van der Waals surface area contributed by atoms with Gasteiger partial charge in [0.1, 0.15) is 0 Å². The number of aliphatic hydroxyl groups is 3.